The van der Waals surface area contributed by atoms with Crippen LogP contribution in [0.15, 0.2) is 18.2 Å². The fraction of sp³-hybridized carbons (Fsp3) is 0.562. The Morgan fingerprint density at radius 2 is 2.05 bits per heavy atom. The predicted molar refractivity (Wildman–Crippen MR) is 86.9 cm³/mol. The van der Waals surface area contributed by atoms with Crippen molar-refractivity contribution in [1.29, 1.82) is 0 Å². The van der Waals surface area contributed by atoms with Crippen molar-refractivity contribution in [2.75, 3.05) is 19.7 Å². The Balaban J connectivity index is 2.39. The van der Waals surface area contributed by atoms with Crippen molar-refractivity contribution in [3.05, 3.63) is 28.8 Å². The molecule has 4 nitrogen and oxygen atoms in total. The lowest BCUT2D eigenvalue weighted by molar-refractivity contribution is -0.123. The zero-order valence-corrected chi connectivity index (χ0v) is 13.6. The minimum absolute atomic E-state index is 0.00311. The molecule has 5 heteroatoms. The van der Waals surface area contributed by atoms with Crippen LogP contribution in [0.5, 0.6) is 5.75 Å². The second kappa shape index (κ2) is 10.5. The average molecular weight is 313 g/mol. The van der Waals surface area contributed by atoms with Gasteiger partial charge in [-0.1, -0.05) is 37.9 Å². The molecule has 0 fully saturated rings. The largest absolute Gasteiger partial charge is 0.482 e. The summed E-state index contributed by atoms with van der Waals surface area (Å²) >= 11 is 6.17. The van der Waals surface area contributed by atoms with E-state index in [1.165, 1.54) is 0 Å². The van der Waals surface area contributed by atoms with Crippen molar-refractivity contribution >= 4 is 17.5 Å². The molecular formula is C16H25ClN2O2. The quantitative estimate of drug-likeness (QED) is 0.653. The smallest absolute Gasteiger partial charge is 0.257 e. The minimum Gasteiger partial charge on any atom is -0.482 e. The van der Waals surface area contributed by atoms with Gasteiger partial charge in [0.05, 0.1) is 5.02 Å². The molecule has 21 heavy (non-hydrogen) atoms. The van der Waals surface area contributed by atoms with Crippen LogP contribution in [0.4, 0.5) is 0 Å². The first-order valence-electron chi connectivity index (χ1n) is 7.56. The number of amides is 1. The fourth-order valence-electron chi connectivity index (χ4n) is 1.78. The maximum absolute atomic E-state index is 11.6. The fourth-order valence-corrected chi connectivity index (χ4v) is 2.04. The summed E-state index contributed by atoms with van der Waals surface area (Å²) in [5, 5.41) is 6.65. The average Bonchev–Trinajstić information content (AvgIpc) is 2.47. The summed E-state index contributed by atoms with van der Waals surface area (Å²) < 4.78 is 5.45. The van der Waals surface area contributed by atoms with Crippen LogP contribution in [0.25, 0.3) is 0 Å². The molecule has 0 spiro atoms. The lowest BCUT2D eigenvalue weighted by atomic mass is 10.2. The Morgan fingerprint density at radius 1 is 1.24 bits per heavy atom. The molecular weight excluding hydrogens is 288 g/mol. The number of unbranched alkanes of at least 4 members (excludes halogenated alkanes) is 1. The van der Waals surface area contributed by atoms with Crippen molar-refractivity contribution in [1.82, 2.24) is 10.6 Å². The molecule has 0 aromatic heterocycles. The molecule has 0 saturated heterocycles. The van der Waals surface area contributed by atoms with Crippen molar-refractivity contribution in [2.24, 2.45) is 0 Å². The monoisotopic (exact) mass is 312 g/mol. The number of benzene rings is 1. The van der Waals surface area contributed by atoms with E-state index in [2.05, 4.69) is 24.5 Å². The highest BCUT2D eigenvalue weighted by molar-refractivity contribution is 6.32. The van der Waals surface area contributed by atoms with Crippen LogP contribution in [-0.4, -0.2) is 25.6 Å². The molecule has 0 bridgehead atoms. The van der Waals surface area contributed by atoms with Crippen LogP contribution in [0.2, 0.25) is 5.02 Å². The number of halogens is 1. The summed E-state index contributed by atoms with van der Waals surface area (Å²) in [5.74, 6) is 0.426. The molecule has 0 aliphatic heterocycles. The van der Waals surface area contributed by atoms with Gasteiger partial charge >= 0.3 is 0 Å². The maximum atomic E-state index is 11.6. The van der Waals surface area contributed by atoms with Crippen molar-refractivity contribution < 1.29 is 9.53 Å². The minimum atomic E-state index is -0.117. The van der Waals surface area contributed by atoms with Gasteiger partial charge in [0.1, 0.15) is 5.75 Å². The van der Waals surface area contributed by atoms with Crippen LogP contribution < -0.4 is 15.4 Å². The van der Waals surface area contributed by atoms with E-state index in [0.717, 1.165) is 37.9 Å². The zero-order chi connectivity index (χ0) is 15.5. The van der Waals surface area contributed by atoms with Gasteiger partial charge in [0.25, 0.3) is 5.91 Å². The molecule has 0 unspecified atom stereocenters. The predicted octanol–water partition coefficient (Wildman–Crippen LogP) is 3.13. The van der Waals surface area contributed by atoms with Crippen molar-refractivity contribution in [3.8, 4) is 5.75 Å². The highest BCUT2D eigenvalue weighted by Crippen LogP contribution is 2.25. The molecule has 0 aliphatic rings. The molecule has 1 aromatic carbocycles. The van der Waals surface area contributed by atoms with Gasteiger partial charge in [0.15, 0.2) is 6.61 Å². The van der Waals surface area contributed by atoms with E-state index in [9.17, 15) is 4.79 Å². The molecule has 1 rings (SSSR count). The number of rotatable bonds is 10. The second-order valence-corrected chi connectivity index (χ2v) is 5.34. The van der Waals surface area contributed by atoms with Gasteiger partial charge in [0, 0.05) is 13.1 Å². The van der Waals surface area contributed by atoms with E-state index in [1.807, 2.05) is 18.2 Å². The van der Waals surface area contributed by atoms with Gasteiger partial charge in [-0.25, -0.2) is 0 Å². The number of hydrogen-bond donors (Lipinski definition) is 2. The zero-order valence-electron chi connectivity index (χ0n) is 12.9. The lowest BCUT2D eigenvalue weighted by Gasteiger charge is -2.10. The number of carbonyl (C=O) groups excluding carboxylic acids is 1. The van der Waals surface area contributed by atoms with Crippen LogP contribution in [-0.2, 0) is 11.3 Å². The summed E-state index contributed by atoms with van der Waals surface area (Å²) in [6, 6.07) is 5.64. The van der Waals surface area contributed by atoms with E-state index in [1.54, 1.807) is 0 Å². The van der Waals surface area contributed by atoms with Crippen molar-refractivity contribution in [2.45, 2.75) is 39.7 Å². The van der Waals surface area contributed by atoms with Gasteiger partial charge < -0.3 is 15.4 Å². The summed E-state index contributed by atoms with van der Waals surface area (Å²) in [6.07, 6.45) is 3.13. The van der Waals surface area contributed by atoms with E-state index in [-0.39, 0.29) is 12.5 Å². The van der Waals surface area contributed by atoms with Crippen LogP contribution in [0, 0.1) is 0 Å². The molecule has 0 heterocycles. The molecule has 0 radical (unpaired) electrons. The van der Waals surface area contributed by atoms with Crippen molar-refractivity contribution in [3.63, 3.8) is 0 Å². The first-order chi connectivity index (χ1) is 10.2. The summed E-state index contributed by atoms with van der Waals surface area (Å²) in [4.78, 5) is 11.6. The Labute approximate surface area is 132 Å². The third kappa shape index (κ3) is 7.34. The van der Waals surface area contributed by atoms with Gasteiger partial charge in [0.2, 0.25) is 0 Å². The van der Waals surface area contributed by atoms with Crippen LogP contribution in [0.3, 0.4) is 0 Å². The van der Waals surface area contributed by atoms with Gasteiger partial charge in [-0.05, 0) is 37.1 Å². The number of carbonyl (C=O) groups is 1. The van der Waals surface area contributed by atoms with Gasteiger partial charge in [-0.2, -0.15) is 0 Å². The molecule has 2 N–H and O–H groups in total. The number of ether oxygens (including phenoxy) is 1. The molecule has 1 aromatic rings. The summed E-state index contributed by atoms with van der Waals surface area (Å²) in [7, 11) is 0. The summed E-state index contributed by atoms with van der Waals surface area (Å²) in [6.45, 7) is 6.66. The highest BCUT2D eigenvalue weighted by atomic mass is 35.5. The van der Waals surface area contributed by atoms with E-state index < -0.39 is 0 Å². The highest BCUT2D eigenvalue weighted by Gasteiger charge is 2.06. The number of hydrogen-bond acceptors (Lipinski definition) is 3. The van der Waals surface area contributed by atoms with Gasteiger partial charge in [-0.15, -0.1) is 0 Å². The van der Waals surface area contributed by atoms with E-state index >= 15 is 0 Å². The Kier molecular flexibility index (Phi) is 8.87. The maximum Gasteiger partial charge on any atom is 0.257 e. The SMILES string of the molecule is CCCCNC(=O)COc1ccc(CNCCC)cc1Cl. The summed E-state index contributed by atoms with van der Waals surface area (Å²) in [5.41, 5.74) is 1.10. The van der Waals surface area contributed by atoms with E-state index in [4.69, 9.17) is 16.3 Å². The Hall–Kier alpha value is -1.26. The van der Waals surface area contributed by atoms with E-state index in [0.29, 0.717) is 17.3 Å². The Bertz CT molecular complexity index is 438. The topological polar surface area (TPSA) is 50.4 Å². The third-order valence-electron chi connectivity index (χ3n) is 2.96. The first kappa shape index (κ1) is 17.8. The van der Waals surface area contributed by atoms with Crippen LogP contribution in [0.1, 0.15) is 38.7 Å². The van der Waals surface area contributed by atoms with Gasteiger partial charge in [-0.3, -0.25) is 4.79 Å². The molecule has 0 atom stereocenters. The Morgan fingerprint density at radius 3 is 2.71 bits per heavy atom. The standard InChI is InChI=1S/C16H25ClN2O2/c1-3-5-9-19-16(20)12-21-15-7-6-13(10-14(15)17)11-18-8-4-2/h6-7,10,18H,3-5,8-9,11-12H2,1-2H3,(H,19,20). The molecule has 1 amide bonds. The molecule has 0 saturated carbocycles. The van der Waals surface area contributed by atoms with Crippen LogP contribution >= 0.6 is 11.6 Å². The number of nitrogens with one attached hydrogen (secondary N) is 2. The molecule has 0 aliphatic carbocycles. The lowest BCUT2D eigenvalue weighted by Crippen LogP contribution is -2.29. The third-order valence-corrected chi connectivity index (χ3v) is 3.26. The first-order valence-corrected chi connectivity index (χ1v) is 7.93. The molecule has 118 valence electrons. The second-order valence-electron chi connectivity index (χ2n) is 4.93. The normalized spacial score (nSPS) is 10.4.